The fourth-order valence-corrected chi connectivity index (χ4v) is 2.32. The third-order valence-corrected chi connectivity index (χ3v) is 3.58. The van der Waals surface area contributed by atoms with Gasteiger partial charge in [-0.3, -0.25) is 0 Å². The predicted octanol–water partition coefficient (Wildman–Crippen LogP) is 5.56. The zero-order valence-corrected chi connectivity index (χ0v) is 11.8. The van der Waals surface area contributed by atoms with Gasteiger partial charge in [-0.2, -0.15) is 0 Å². The predicted molar refractivity (Wildman–Crippen MR) is 78.6 cm³/mol. The van der Waals surface area contributed by atoms with Crippen LogP contribution in [0.25, 0.3) is 5.57 Å². The number of hydrogen-bond donors (Lipinski definition) is 0. The van der Waals surface area contributed by atoms with E-state index in [1.54, 1.807) is 0 Å². The van der Waals surface area contributed by atoms with E-state index in [4.69, 9.17) is 0 Å². The summed E-state index contributed by atoms with van der Waals surface area (Å²) >= 11 is 3.47. The molecule has 1 aliphatic rings. The Morgan fingerprint density at radius 3 is 2.65 bits per heavy atom. The van der Waals surface area contributed by atoms with Gasteiger partial charge in [0.1, 0.15) is 0 Å². The second kappa shape index (κ2) is 6.20. The molecule has 0 N–H and O–H groups in total. The molecule has 0 saturated heterocycles. The maximum absolute atomic E-state index is 3.47. The van der Waals surface area contributed by atoms with Crippen LogP contribution in [0.15, 0.2) is 46.5 Å². The van der Waals surface area contributed by atoms with E-state index in [1.165, 1.54) is 36.0 Å². The molecular formula is C16H18Br. The highest BCUT2D eigenvalue weighted by atomic mass is 79.9. The van der Waals surface area contributed by atoms with Crippen molar-refractivity contribution in [3.05, 3.63) is 58.4 Å². The summed E-state index contributed by atoms with van der Waals surface area (Å²) in [5.41, 5.74) is 4.17. The van der Waals surface area contributed by atoms with E-state index in [0.29, 0.717) is 0 Å². The van der Waals surface area contributed by atoms with Gasteiger partial charge in [-0.25, -0.2) is 0 Å². The minimum atomic E-state index is 1.07. The quantitative estimate of drug-likeness (QED) is 0.681. The first-order chi connectivity index (χ1) is 8.29. The molecule has 0 aromatic heterocycles. The van der Waals surface area contributed by atoms with Crippen molar-refractivity contribution in [1.29, 1.82) is 0 Å². The van der Waals surface area contributed by atoms with Gasteiger partial charge in [0.15, 0.2) is 0 Å². The molecule has 1 radical (unpaired) electrons. The first-order valence-electron chi connectivity index (χ1n) is 6.29. The van der Waals surface area contributed by atoms with Crippen molar-refractivity contribution < 1.29 is 0 Å². The second-order valence-corrected chi connectivity index (χ2v) is 5.34. The summed E-state index contributed by atoms with van der Waals surface area (Å²) in [6, 6.07) is 8.56. The van der Waals surface area contributed by atoms with Gasteiger partial charge in [-0.15, -0.1) is 0 Å². The lowest BCUT2D eigenvalue weighted by molar-refractivity contribution is 0.794. The minimum absolute atomic E-state index is 1.07. The topological polar surface area (TPSA) is 0 Å². The first-order valence-corrected chi connectivity index (χ1v) is 7.09. The Labute approximate surface area is 113 Å². The van der Waals surface area contributed by atoms with Crippen LogP contribution in [0.2, 0.25) is 0 Å². The molecule has 0 bridgehead atoms. The highest BCUT2D eigenvalue weighted by Crippen LogP contribution is 2.28. The average molecular weight is 290 g/mol. The summed E-state index contributed by atoms with van der Waals surface area (Å²) in [4.78, 5) is 0. The Morgan fingerprint density at radius 2 is 1.94 bits per heavy atom. The van der Waals surface area contributed by atoms with Gasteiger partial charge in [-0.05, 0) is 49.0 Å². The molecule has 0 unspecified atom stereocenters. The summed E-state index contributed by atoms with van der Waals surface area (Å²) < 4.78 is 1.14. The Hall–Kier alpha value is -0.820. The van der Waals surface area contributed by atoms with Crippen LogP contribution in [0.3, 0.4) is 0 Å². The molecule has 0 spiro atoms. The lowest BCUT2D eigenvalue weighted by atomic mass is 9.92. The largest absolute Gasteiger partial charge is 0.0807 e. The van der Waals surface area contributed by atoms with Gasteiger partial charge in [-0.1, -0.05) is 59.1 Å². The van der Waals surface area contributed by atoms with Crippen molar-refractivity contribution in [3.8, 4) is 0 Å². The molecule has 1 aliphatic carbocycles. The van der Waals surface area contributed by atoms with E-state index < -0.39 is 0 Å². The second-order valence-electron chi connectivity index (χ2n) is 4.43. The number of halogens is 1. The zero-order chi connectivity index (χ0) is 12.1. The zero-order valence-electron chi connectivity index (χ0n) is 10.2. The van der Waals surface area contributed by atoms with Crippen molar-refractivity contribution in [2.24, 2.45) is 0 Å². The molecule has 0 atom stereocenters. The monoisotopic (exact) mass is 289 g/mol. The van der Waals surface area contributed by atoms with Gasteiger partial charge >= 0.3 is 0 Å². The standard InChI is InChI=1S/C16H18Br/c1-2-3-5-13-6-4-7-15(12-13)14-8-10-16(17)11-9-14/h6-12H,2-5H2,1H3. The van der Waals surface area contributed by atoms with E-state index in [-0.39, 0.29) is 0 Å². The van der Waals surface area contributed by atoms with E-state index in [0.717, 1.165) is 10.9 Å². The van der Waals surface area contributed by atoms with Crippen molar-refractivity contribution >= 4 is 21.5 Å². The van der Waals surface area contributed by atoms with Gasteiger partial charge in [0.05, 0.1) is 0 Å². The molecule has 1 heteroatoms. The van der Waals surface area contributed by atoms with Crippen LogP contribution in [-0.4, -0.2) is 0 Å². The van der Waals surface area contributed by atoms with Crippen LogP contribution < -0.4 is 0 Å². The molecule has 0 heterocycles. The number of benzene rings is 1. The van der Waals surface area contributed by atoms with Crippen LogP contribution >= 0.6 is 15.9 Å². The number of allylic oxidation sites excluding steroid dienone is 4. The fourth-order valence-electron chi connectivity index (χ4n) is 2.05. The Balaban J connectivity index is 2.13. The molecule has 89 valence electrons. The summed E-state index contributed by atoms with van der Waals surface area (Å²) in [6.45, 7) is 2.24. The van der Waals surface area contributed by atoms with Gasteiger partial charge in [0.2, 0.25) is 0 Å². The maximum atomic E-state index is 3.47. The van der Waals surface area contributed by atoms with Crippen LogP contribution in [-0.2, 0) is 0 Å². The number of rotatable bonds is 4. The van der Waals surface area contributed by atoms with E-state index in [2.05, 4.69) is 65.7 Å². The van der Waals surface area contributed by atoms with Crippen molar-refractivity contribution in [1.82, 2.24) is 0 Å². The third kappa shape index (κ3) is 3.57. The van der Waals surface area contributed by atoms with Crippen LogP contribution in [0.1, 0.15) is 38.2 Å². The third-order valence-electron chi connectivity index (χ3n) is 3.06. The highest BCUT2D eigenvalue weighted by Gasteiger charge is 2.07. The number of hydrogen-bond acceptors (Lipinski definition) is 0. The Bertz CT molecular complexity index is 423. The van der Waals surface area contributed by atoms with Crippen LogP contribution in [0, 0.1) is 6.42 Å². The van der Waals surface area contributed by atoms with E-state index in [1.807, 2.05) is 0 Å². The molecule has 0 saturated carbocycles. The maximum Gasteiger partial charge on any atom is 0.0175 e. The molecule has 1 aromatic carbocycles. The molecular weight excluding hydrogens is 272 g/mol. The molecule has 2 rings (SSSR count). The molecule has 0 aliphatic heterocycles. The van der Waals surface area contributed by atoms with Crippen LogP contribution in [0.5, 0.6) is 0 Å². The highest BCUT2D eigenvalue weighted by molar-refractivity contribution is 9.10. The Kier molecular flexibility index (Phi) is 4.61. The molecule has 0 amide bonds. The molecule has 0 nitrogen and oxygen atoms in total. The SMILES string of the molecule is CCCCC1=CC[CH]C(c2ccc(Br)cc2)=C1. The average Bonchev–Trinajstić information content (AvgIpc) is 2.37. The molecule has 0 fully saturated rings. The van der Waals surface area contributed by atoms with Crippen molar-refractivity contribution in [3.63, 3.8) is 0 Å². The molecule has 17 heavy (non-hydrogen) atoms. The van der Waals surface area contributed by atoms with E-state index >= 15 is 0 Å². The summed E-state index contributed by atoms with van der Waals surface area (Å²) in [6.07, 6.45) is 11.8. The summed E-state index contributed by atoms with van der Waals surface area (Å²) in [7, 11) is 0. The van der Waals surface area contributed by atoms with Gasteiger partial charge in [0.25, 0.3) is 0 Å². The fraction of sp³-hybridized carbons (Fsp3) is 0.312. The number of unbranched alkanes of at least 4 members (excludes halogenated alkanes) is 1. The normalized spacial score (nSPS) is 15.4. The van der Waals surface area contributed by atoms with Gasteiger partial charge < -0.3 is 0 Å². The van der Waals surface area contributed by atoms with Crippen molar-refractivity contribution in [2.45, 2.75) is 32.6 Å². The Morgan fingerprint density at radius 1 is 1.18 bits per heavy atom. The molecule has 1 aromatic rings. The van der Waals surface area contributed by atoms with Crippen molar-refractivity contribution in [2.75, 3.05) is 0 Å². The summed E-state index contributed by atoms with van der Waals surface area (Å²) in [5.74, 6) is 0. The van der Waals surface area contributed by atoms with Crippen LogP contribution in [0.4, 0.5) is 0 Å². The summed E-state index contributed by atoms with van der Waals surface area (Å²) in [5, 5.41) is 0. The van der Waals surface area contributed by atoms with Gasteiger partial charge in [0, 0.05) is 4.47 Å². The smallest absolute Gasteiger partial charge is 0.0175 e. The lowest BCUT2D eigenvalue weighted by Gasteiger charge is -2.14. The minimum Gasteiger partial charge on any atom is -0.0807 e. The lowest BCUT2D eigenvalue weighted by Crippen LogP contribution is -1.93. The van der Waals surface area contributed by atoms with E-state index in [9.17, 15) is 0 Å². The first kappa shape index (κ1) is 12.6.